The minimum atomic E-state index is -0.631. The van der Waals surface area contributed by atoms with E-state index in [9.17, 15) is 14.0 Å². The predicted octanol–water partition coefficient (Wildman–Crippen LogP) is 4.96. The molecular formula is C27H23FN6O3. The Morgan fingerprint density at radius 3 is 2.49 bits per heavy atom. The van der Waals surface area contributed by atoms with Gasteiger partial charge in [0, 0.05) is 30.2 Å². The third-order valence-electron chi connectivity index (χ3n) is 5.76. The van der Waals surface area contributed by atoms with Crippen molar-refractivity contribution < 1.29 is 13.9 Å². The summed E-state index contributed by atoms with van der Waals surface area (Å²) in [6.07, 6.45) is 4.64. The van der Waals surface area contributed by atoms with E-state index in [4.69, 9.17) is 4.74 Å². The maximum absolute atomic E-state index is 13.4. The van der Waals surface area contributed by atoms with Crippen LogP contribution < -0.4 is 15.5 Å². The Hall–Kier alpha value is -4.86. The van der Waals surface area contributed by atoms with E-state index in [1.807, 2.05) is 39.1 Å². The number of benzene rings is 2. The second-order valence-corrected chi connectivity index (χ2v) is 8.73. The smallest absolute Gasteiger partial charge is 0.262 e. The van der Waals surface area contributed by atoms with Crippen LogP contribution >= 0.6 is 0 Å². The number of amides is 1. The van der Waals surface area contributed by atoms with Gasteiger partial charge in [-0.15, -0.1) is 0 Å². The molecule has 1 N–H and O–H groups in total. The number of aryl methyl sites for hydroxylation is 1. The normalized spacial score (nSPS) is 11.2. The number of anilines is 1. The van der Waals surface area contributed by atoms with Crippen molar-refractivity contribution in [3.05, 3.63) is 94.8 Å². The highest BCUT2D eigenvalue weighted by molar-refractivity contribution is 6.04. The highest BCUT2D eigenvalue weighted by atomic mass is 19.1. The molecule has 0 saturated heterocycles. The summed E-state index contributed by atoms with van der Waals surface area (Å²) in [5.41, 5.74) is 0.795. The van der Waals surface area contributed by atoms with Crippen LogP contribution in [0.2, 0.25) is 0 Å². The zero-order valence-electron chi connectivity index (χ0n) is 20.3. The second-order valence-electron chi connectivity index (χ2n) is 8.73. The quantitative estimate of drug-likeness (QED) is 0.355. The number of fused-ring (bicyclic) bond motifs is 1. The van der Waals surface area contributed by atoms with E-state index in [2.05, 4.69) is 20.5 Å². The summed E-state index contributed by atoms with van der Waals surface area (Å²) in [7, 11) is 1.87. The maximum atomic E-state index is 13.4. The molecule has 0 aliphatic carbocycles. The third kappa shape index (κ3) is 4.94. The molecule has 0 atom stereocenters. The number of hydrogen-bond acceptors (Lipinski definition) is 6. The van der Waals surface area contributed by atoms with Gasteiger partial charge < -0.3 is 10.1 Å². The Kier molecular flexibility index (Phi) is 6.22. The number of pyridine rings is 1. The lowest BCUT2D eigenvalue weighted by Gasteiger charge is -2.14. The molecule has 0 fully saturated rings. The highest BCUT2D eigenvalue weighted by Crippen LogP contribution is 2.25. The van der Waals surface area contributed by atoms with Crippen LogP contribution in [0.1, 0.15) is 30.2 Å². The van der Waals surface area contributed by atoms with Crippen LogP contribution in [0, 0.1) is 5.82 Å². The van der Waals surface area contributed by atoms with Crippen molar-refractivity contribution in [2.24, 2.45) is 7.05 Å². The topological polar surface area (TPSA) is 104 Å². The number of nitrogens with one attached hydrogen (secondary N) is 1. The van der Waals surface area contributed by atoms with Crippen molar-refractivity contribution in [1.29, 1.82) is 0 Å². The van der Waals surface area contributed by atoms with Gasteiger partial charge in [0.15, 0.2) is 0 Å². The average molecular weight is 499 g/mol. The fourth-order valence-electron chi connectivity index (χ4n) is 3.77. The van der Waals surface area contributed by atoms with Crippen LogP contribution in [-0.2, 0) is 7.05 Å². The van der Waals surface area contributed by atoms with Gasteiger partial charge in [0.05, 0.1) is 17.9 Å². The van der Waals surface area contributed by atoms with Gasteiger partial charge in [-0.3, -0.25) is 19.0 Å². The zero-order chi connectivity index (χ0) is 26.1. The number of carbonyl (C=O) groups is 1. The van der Waals surface area contributed by atoms with E-state index in [0.717, 1.165) is 10.9 Å². The number of nitrogens with zero attached hydrogens (tertiary/aromatic N) is 5. The second kappa shape index (κ2) is 9.65. The first-order valence-electron chi connectivity index (χ1n) is 11.5. The van der Waals surface area contributed by atoms with Gasteiger partial charge in [-0.1, -0.05) is 0 Å². The van der Waals surface area contributed by atoms with Gasteiger partial charge in [-0.2, -0.15) is 10.2 Å². The number of carbonyl (C=O) groups excluding carboxylic acids is 1. The van der Waals surface area contributed by atoms with E-state index in [1.54, 1.807) is 23.0 Å². The van der Waals surface area contributed by atoms with Gasteiger partial charge in [0.25, 0.3) is 5.91 Å². The van der Waals surface area contributed by atoms with Crippen molar-refractivity contribution in [2.45, 2.75) is 19.9 Å². The van der Waals surface area contributed by atoms with Crippen molar-refractivity contribution >= 4 is 22.6 Å². The molecule has 0 unspecified atom stereocenters. The van der Waals surface area contributed by atoms with Crippen molar-refractivity contribution in [1.82, 2.24) is 24.5 Å². The summed E-state index contributed by atoms with van der Waals surface area (Å²) >= 11 is 0. The molecule has 0 bridgehead atoms. The maximum Gasteiger partial charge on any atom is 0.262 e. The lowest BCUT2D eigenvalue weighted by Crippen LogP contribution is -2.27. The molecule has 0 aliphatic heterocycles. The van der Waals surface area contributed by atoms with Crippen molar-refractivity contribution in [3.8, 4) is 22.8 Å². The lowest BCUT2D eigenvalue weighted by molar-refractivity contribution is 0.102. The van der Waals surface area contributed by atoms with E-state index in [0.29, 0.717) is 17.1 Å². The van der Waals surface area contributed by atoms with Crippen LogP contribution in [0.5, 0.6) is 11.5 Å². The van der Waals surface area contributed by atoms with E-state index >= 15 is 0 Å². The van der Waals surface area contributed by atoms with E-state index in [-0.39, 0.29) is 23.1 Å². The fraction of sp³-hybridized carbons (Fsp3) is 0.148. The summed E-state index contributed by atoms with van der Waals surface area (Å²) in [5.74, 6) is 0.284. The first-order valence-corrected chi connectivity index (χ1v) is 11.5. The Labute approximate surface area is 211 Å². The van der Waals surface area contributed by atoms with E-state index < -0.39 is 17.2 Å². The largest absolute Gasteiger partial charge is 0.456 e. The summed E-state index contributed by atoms with van der Waals surface area (Å²) in [6.45, 7) is 3.75. The Balaban J connectivity index is 1.37. The van der Waals surface area contributed by atoms with Gasteiger partial charge >= 0.3 is 0 Å². The molecular weight excluding hydrogens is 475 g/mol. The summed E-state index contributed by atoms with van der Waals surface area (Å²) < 4.78 is 22.6. The zero-order valence-corrected chi connectivity index (χ0v) is 20.3. The molecule has 9 nitrogen and oxygen atoms in total. The van der Waals surface area contributed by atoms with Crippen LogP contribution in [0.3, 0.4) is 0 Å². The van der Waals surface area contributed by atoms with E-state index in [1.165, 1.54) is 41.3 Å². The highest BCUT2D eigenvalue weighted by Gasteiger charge is 2.19. The molecule has 0 radical (unpaired) electrons. The first kappa shape index (κ1) is 23.9. The molecule has 10 heteroatoms. The van der Waals surface area contributed by atoms with Gasteiger partial charge in [-0.25, -0.2) is 9.37 Å². The van der Waals surface area contributed by atoms with Crippen LogP contribution in [0.4, 0.5) is 10.2 Å². The molecule has 186 valence electrons. The summed E-state index contributed by atoms with van der Waals surface area (Å²) in [6, 6.07) is 14.1. The van der Waals surface area contributed by atoms with Crippen LogP contribution in [-0.4, -0.2) is 30.5 Å². The Bertz CT molecular complexity index is 1660. The molecule has 5 rings (SSSR count). The number of ether oxygens (including phenoxy) is 1. The molecule has 1 amide bonds. The van der Waals surface area contributed by atoms with Gasteiger partial charge in [0.2, 0.25) is 5.43 Å². The van der Waals surface area contributed by atoms with Gasteiger partial charge in [0.1, 0.15) is 34.4 Å². The number of halogens is 1. The molecule has 0 saturated carbocycles. The van der Waals surface area contributed by atoms with Crippen LogP contribution in [0.15, 0.2) is 78.0 Å². The number of hydrogen-bond donors (Lipinski definition) is 1. The average Bonchev–Trinajstić information content (AvgIpc) is 3.25. The standard InChI is InChI=1S/C27H23FN6O3/c1-16(2)34-15-22(26(35)25(32-34)17-4-6-19(28)7-5-17)27(36)31-24-11-9-21(14-29-24)37-20-8-10-23-18(12-20)13-30-33(23)3/h4-16H,1-3H3,(H,29,31,36). The molecule has 5 aromatic rings. The fourth-order valence-corrected chi connectivity index (χ4v) is 3.77. The molecule has 3 heterocycles. The first-order chi connectivity index (χ1) is 17.8. The minimum absolute atomic E-state index is 0.0589. The molecule has 3 aromatic heterocycles. The Morgan fingerprint density at radius 1 is 1.03 bits per heavy atom. The number of rotatable bonds is 6. The Morgan fingerprint density at radius 2 is 1.78 bits per heavy atom. The lowest BCUT2D eigenvalue weighted by atomic mass is 10.1. The van der Waals surface area contributed by atoms with Crippen molar-refractivity contribution in [3.63, 3.8) is 0 Å². The number of aromatic nitrogens is 5. The predicted molar refractivity (Wildman–Crippen MR) is 137 cm³/mol. The summed E-state index contributed by atoms with van der Waals surface area (Å²) in [5, 5.41) is 12.2. The molecule has 37 heavy (non-hydrogen) atoms. The third-order valence-corrected chi connectivity index (χ3v) is 5.76. The minimum Gasteiger partial charge on any atom is -0.456 e. The SMILES string of the molecule is CC(C)n1cc(C(=O)Nc2ccc(Oc3ccc4c(cnn4C)c3)cn2)c(=O)c(-c2ccc(F)cc2)n1. The van der Waals surface area contributed by atoms with Crippen molar-refractivity contribution in [2.75, 3.05) is 5.32 Å². The monoisotopic (exact) mass is 498 g/mol. The van der Waals surface area contributed by atoms with Gasteiger partial charge in [-0.05, 0) is 68.4 Å². The van der Waals surface area contributed by atoms with Crippen LogP contribution in [0.25, 0.3) is 22.2 Å². The molecule has 0 spiro atoms. The molecule has 0 aliphatic rings. The molecule has 2 aromatic carbocycles. The summed E-state index contributed by atoms with van der Waals surface area (Å²) in [4.78, 5) is 30.4.